The van der Waals surface area contributed by atoms with Gasteiger partial charge in [-0.3, -0.25) is 19.6 Å². The summed E-state index contributed by atoms with van der Waals surface area (Å²) in [5.74, 6) is -0.536. The molecule has 3 rings (SSSR count). The Morgan fingerprint density at radius 3 is 2.64 bits per heavy atom. The van der Waals surface area contributed by atoms with Crippen LogP contribution in [0, 0.1) is 17.0 Å². The molecule has 0 bridgehead atoms. The number of nitro groups is 1. The molecule has 128 valence electrons. The molecule has 0 saturated carbocycles. The van der Waals surface area contributed by atoms with Crippen LogP contribution in [0.3, 0.4) is 0 Å². The summed E-state index contributed by atoms with van der Waals surface area (Å²) in [6, 6.07) is 9.31. The third kappa shape index (κ3) is 3.25. The third-order valence-electron chi connectivity index (χ3n) is 3.75. The standard InChI is InChI=1S/C16H16N6O3/c1-11-14(22(24)25)15(20(2)19-11)16(23)17-10-12-4-6-13(7-5-12)21-9-3-8-18-21/h3-9H,10H2,1-2H3,(H,17,23). The SMILES string of the molecule is Cc1nn(C)c(C(=O)NCc2ccc(-n3cccn3)cc2)c1[N+](=O)[O-]. The molecule has 1 N–H and O–H groups in total. The van der Waals surface area contributed by atoms with E-state index in [0.29, 0.717) is 0 Å². The molecule has 0 unspecified atom stereocenters. The summed E-state index contributed by atoms with van der Waals surface area (Å²) < 4.78 is 2.95. The van der Waals surface area contributed by atoms with E-state index in [-0.39, 0.29) is 23.6 Å². The maximum absolute atomic E-state index is 12.3. The first-order valence-corrected chi connectivity index (χ1v) is 7.52. The van der Waals surface area contributed by atoms with E-state index in [2.05, 4.69) is 15.5 Å². The van der Waals surface area contributed by atoms with Crippen LogP contribution in [0.5, 0.6) is 0 Å². The number of rotatable bonds is 5. The highest BCUT2D eigenvalue weighted by atomic mass is 16.6. The molecule has 0 fully saturated rings. The highest BCUT2D eigenvalue weighted by Crippen LogP contribution is 2.22. The number of benzene rings is 1. The van der Waals surface area contributed by atoms with Crippen LogP contribution in [-0.4, -0.2) is 30.4 Å². The summed E-state index contributed by atoms with van der Waals surface area (Å²) in [5.41, 5.74) is 1.65. The molecule has 0 atom stereocenters. The van der Waals surface area contributed by atoms with Crippen molar-refractivity contribution in [2.75, 3.05) is 0 Å². The lowest BCUT2D eigenvalue weighted by Crippen LogP contribution is -2.26. The predicted octanol–water partition coefficient (Wildman–Crippen LogP) is 1.75. The van der Waals surface area contributed by atoms with Crippen LogP contribution in [0.4, 0.5) is 5.69 Å². The first-order valence-electron chi connectivity index (χ1n) is 7.52. The molecule has 0 aliphatic heterocycles. The monoisotopic (exact) mass is 340 g/mol. The molecule has 0 spiro atoms. The van der Waals surface area contributed by atoms with Crippen molar-refractivity contribution in [3.05, 3.63) is 69.8 Å². The molecule has 25 heavy (non-hydrogen) atoms. The Bertz CT molecular complexity index is 912. The largest absolute Gasteiger partial charge is 0.346 e. The molecule has 0 radical (unpaired) electrons. The zero-order chi connectivity index (χ0) is 18.0. The van der Waals surface area contributed by atoms with E-state index in [1.165, 1.54) is 18.7 Å². The summed E-state index contributed by atoms with van der Waals surface area (Å²) in [4.78, 5) is 22.9. The fourth-order valence-electron chi connectivity index (χ4n) is 2.57. The van der Waals surface area contributed by atoms with Gasteiger partial charge in [-0.15, -0.1) is 0 Å². The Hall–Kier alpha value is -3.49. The fourth-order valence-corrected chi connectivity index (χ4v) is 2.57. The Kier molecular flexibility index (Phi) is 4.29. The lowest BCUT2D eigenvalue weighted by Gasteiger charge is -2.07. The molecule has 1 amide bonds. The number of amides is 1. The average Bonchev–Trinajstić information content (AvgIpc) is 3.20. The second-order valence-electron chi connectivity index (χ2n) is 5.46. The molecular weight excluding hydrogens is 324 g/mol. The van der Waals surface area contributed by atoms with Crippen LogP contribution < -0.4 is 5.32 Å². The van der Waals surface area contributed by atoms with Crippen molar-refractivity contribution in [1.29, 1.82) is 0 Å². The van der Waals surface area contributed by atoms with Gasteiger partial charge in [0.1, 0.15) is 5.69 Å². The molecule has 3 aromatic rings. The minimum absolute atomic E-state index is 0.0596. The summed E-state index contributed by atoms with van der Waals surface area (Å²) in [7, 11) is 1.51. The van der Waals surface area contributed by atoms with Crippen LogP contribution in [0.2, 0.25) is 0 Å². The number of carbonyl (C=O) groups excluding carboxylic acids is 1. The zero-order valence-electron chi connectivity index (χ0n) is 13.7. The minimum atomic E-state index is -0.587. The van der Waals surface area contributed by atoms with Gasteiger partial charge in [-0.2, -0.15) is 10.2 Å². The average molecular weight is 340 g/mol. The smallest absolute Gasteiger partial charge is 0.322 e. The van der Waals surface area contributed by atoms with Gasteiger partial charge in [0.25, 0.3) is 5.91 Å². The maximum atomic E-state index is 12.3. The predicted molar refractivity (Wildman–Crippen MR) is 89.3 cm³/mol. The van der Waals surface area contributed by atoms with Crippen molar-refractivity contribution in [3.63, 3.8) is 0 Å². The van der Waals surface area contributed by atoms with Gasteiger partial charge in [-0.25, -0.2) is 4.68 Å². The Morgan fingerprint density at radius 1 is 1.32 bits per heavy atom. The second-order valence-corrected chi connectivity index (χ2v) is 5.46. The summed E-state index contributed by atoms with van der Waals surface area (Å²) in [5, 5.41) is 21.9. The molecule has 0 aliphatic rings. The maximum Gasteiger partial charge on any atom is 0.322 e. The number of hydrogen-bond acceptors (Lipinski definition) is 5. The minimum Gasteiger partial charge on any atom is -0.346 e. The second kappa shape index (κ2) is 6.56. The first kappa shape index (κ1) is 16.4. The molecular formula is C16H16N6O3. The lowest BCUT2D eigenvalue weighted by molar-refractivity contribution is -0.385. The number of carbonyl (C=O) groups is 1. The topological polar surface area (TPSA) is 108 Å². The van der Waals surface area contributed by atoms with Crippen molar-refractivity contribution in [2.24, 2.45) is 7.05 Å². The lowest BCUT2D eigenvalue weighted by atomic mass is 10.2. The van der Waals surface area contributed by atoms with Crippen LogP contribution >= 0.6 is 0 Å². The van der Waals surface area contributed by atoms with E-state index in [1.807, 2.05) is 36.5 Å². The van der Waals surface area contributed by atoms with E-state index in [1.54, 1.807) is 10.9 Å². The number of nitrogens with one attached hydrogen (secondary N) is 1. The van der Waals surface area contributed by atoms with Gasteiger partial charge in [-0.05, 0) is 30.7 Å². The first-order chi connectivity index (χ1) is 12.0. The van der Waals surface area contributed by atoms with Crippen molar-refractivity contribution in [2.45, 2.75) is 13.5 Å². The summed E-state index contributed by atoms with van der Waals surface area (Å²) in [6.07, 6.45) is 3.53. The van der Waals surface area contributed by atoms with E-state index in [4.69, 9.17) is 0 Å². The summed E-state index contributed by atoms with van der Waals surface area (Å²) >= 11 is 0. The number of aryl methyl sites for hydroxylation is 2. The molecule has 9 nitrogen and oxygen atoms in total. The number of aromatic nitrogens is 4. The Morgan fingerprint density at radius 2 is 2.04 bits per heavy atom. The molecule has 9 heteroatoms. The van der Waals surface area contributed by atoms with Gasteiger partial charge in [0.05, 0.1) is 10.6 Å². The Labute approximate surface area is 143 Å². The van der Waals surface area contributed by atoms with E-state index < -0.39 is 10.8 Å². The molecule has 1 aromatic carbocycles. The number of hydrogen-bond donors (Lipinski definition) is 1. The van der Waals surface area contributed by atoms with Crippen LogP contribution in [-0.2, 0) is 13.6 Å². The van der Waals surface area contributed by atoms with Crippen molar-refractivity contribution < 1.29 is 9.72 Å². The van der Waals surface area contributed by atoms with Crippen LogP contribution in [0.25, 0.3) is 5.69 Å². The molecule has 2 aromatic heterocycles. The molecule has 0 aliphatic carbocycles. The fraction of sp³-hybridized carbons (Fsp3) is 0.188. The highest BCUT2D eigenvalue weighted by Gasteiger charge is 2.28. The summed E-state index contributed by atoms with van der Waals surface area (Å²) in [6.45, 7) is 1.75. The molecule has 0 saturated heterocycles. The van der Waals surface area contributed by atoms with Crippen molar-refractivity contribution in [3.8, 4) is 5.69 Å². The van der Waals surface area contributed by atoms with E-state index in [9.17, 15) is 14.9 Å². The quantitative estimate of drug-likeness (QED) is 0.562. The number of nitrogens with zero attached hydrogens (tertiary/aromatic N) is 5. The van der Waals surface area contributed by atoms with Gasteiger partial charge in [0.2, 0.25) is 5.69 Å². The highest BCUT2D eigenvalue weighted by molar-refractivity contribution is 5.96. The zero-order valence-corrected chi connectivity index (χ0v) is 13.7. The van der Waals surface area contributed by atoms with Crippen LogP contribution in [0.15, 0.2) is 42.7 Å². The van der Waals surface area contributed by atoms with Gasteiger partial charge in [-0.1, -0.05) is 12.1 Å². The van der Waals surface area contributed by atoms with Crippen molar-refractivity contribution in [1.82, 2.24) is 24.9 Å². The van der Waals surface area contributed by atoms with Gasteiger partial charge < -0.3 is 5.32 Å². The van der Waals surface area contributed by atoms with Gasteiger partial charge >= 0.3 is 5.69 Å². The van der Waals surface area contributed by atoms with Gasteiger partial charge in [0, 0.05) is 26.0 Å². The van der Waals surface area contributed by atoms with Crippen LogP contribution in [0.1, 0.15) is 21.7 Å². The molecule has 2 heterocycles. The van der Waals surface area contributed by atoms with E-state index in [0.717, 1.165) is 11.3 Å². The third-order valence-corrected chi connectivity index (χ3v) is 3.75. The normalized spacial score (nSPS) is 10.6. The Balaban J connectivity index is 1.72. The van der Waals surface area contributed by atoms with E-state index >= 15 is 0 Å². The van der Waals surface area contributed by atoms with Crippen molar-refractivity contribution >= 4 is 11.6 Å². The van der Waals surface area contributed by atoms with Gasteiger partial charge in [0.15, 0.2) is 0 Å².